The fourth-order valence-corrected chi connectivity index (χ4v) is 2.69. The zero-order chi connectivity index (χ0) is 13.8. The molecule has 0 aliphatic rings. The van der Waals surface area contributed by atoms with Gasteiger partial charge in [-0.2, -0.15) is 0 Å². The summed E-state index contributed by atoms with van der Waals surface area (Å²) in [5.74, 6) is -0.845. The van der Waals surface area contributed by atoms with Crippen molar-refractivity contribution in [3.63, 3.8) is 0 Å². The van der Waals surface area contributed by atoms with Gasteiger partial charge in [-0.1, -0.05) is 47.1 Å². The lowest BCUT2D eigenvalue weighted by Crippen LogP contribution is -1.99. The van der Waals surface area contributed by atoms with Crippen LogP contribution in [0.3, 0.4) is 0 Å². The molecule has 98 valence electrons. The second-order valence-electron chi connectivity index (χ2n) is 3.76. The maximum Gasteiger partial charge on any atom is 0.307 e. The molecule has 2 rings (SSSR count). The predicted molar refractivity (Wildman–Crippen MR) is 76.2 cm³/mol. The van der Waals surface area contributed by atoms with Gasteiger partial charge in [0.2, 0.25) is 0 Å². The largest absolute Gasteiger partial charge is 0.481 e. The quantitative estimate of drug-likeness (QED) is 0.920. The Bertz CT molecular complexity index is 602. The molecule has 0 atom stereocenters. The molecule has 1 aromatic heterocycles. The molecule has 19 heavy (non-hydrogen) atoms. The second-order valence-corrected chi connectivity index (χ2v) is 5.66. The molecule has 0 aliphatic heterocycles. The lowest BCUT2D eigenvalue weighted by Gasteiger charge is -2.04. The van der Waals surface area contributed by atoms with Crippen LogP contribution in [-0.2, 0) is 11.2 Å². The number of hydrogen-bond donors (Lipinski definition) is 1. The molecular formula is C13H9Cl2NO2S. The minimum absolute atomic E-state index is 0.0187. The van der Waals surface area contributed by atoms with Gasteiger partial charge in [-0.15, -0.1) is 0 Å². The highest BCUT2D eigenvalue weighted by Crippen LogP contribution is 2.32. The SMILES string of the molecule is O=C(O)Cc1ccc(Sc2ncc(Cl)cc2Cl)cc1. The van der Waals surface area contributed by atoms with E-state index in [1.54, 1.807) is 18.2 Å². The van der Waals surface area contributed by atoms with Crippen LogP contribution in [0.2, 0.25) is 10.0 Å². The number of hydrogen-bond acceptors (Lipinski definition) is 3. The molecule has 0 saturated heterocycles. The summed E-state index contributed by atoms with van der Waals surface area (Å²) in [4.78, 5) is 15.7. The third-order valence-electron chi connectivity index (χ3n) is 2.27. The topological polar surface area (TPSA) is 50.2 Å². The zero-order valence-electron chi connectivity index (χ0n) is 9.64. The van der Waals surface area contributed by atoms with E-state index in [1.165, 1.54) is 18.0 Å². The summed E-state index contributed by atoms with van der Waals surface area (Å²) in [7, 11) is 0. The first kappa shape index (κ1) is 14.2. The Morgan fingerprint density at radius 3 is 2.53 bits per heavy atom. The third kappa shape index (κ3) is 4.13. The van der Waals surface area contributed by atoms with E-state index in [2.05, 4.69) is 4.98 Å². The summed E-state index contributed by atoms with van der Waals surface area (Å²) in [6, 6.07) is 8.88. The zero-order valence-corrected chi connectivity index (χ0v) is 12.0. The molecule has 0 unspecified atom stereocenters. The molecule has 3 nitrogen and oxygen atoms in total. The smallest absolute Gasteiger partial charge is 0.307 e. The molecule has 0 spiro atoms. The first-order valence-electron chi connectivity index (χ1n) is 5.34. The minimum Gasteiger partial charge on any atom is -0.481 e. The van der Waals surface area contributed by atoms with Crippen molar-refractivity contribution in [3.05, 3.63) is 52.1 Å². The molecule has 0 saturated carbocycles. The molecule has 1 aromatic carbocycles. The maximum atomic E-state index is 10.6. The van der Waals surface area contributed by atoms with Crippen LogP contribution in [0.4, 0.5) is 0 Å². The fourth-order valence-electron chi connectivity index (χ4n) is 1.44. The highest BCUT2D eigenvalue weighted by Gasteiger charge is 2.06. The Kier molecular flexibility index (Phi) is 4.69. The summed E-state index contributed by atoms with van der Waals surface area (Å²) in [5, 5.41) is 10.3. The Morgan fingerprint density at radius 2 is 1.95 bits per heavy atom. The molecule has 0 aliphatic carbocycles. The average Bonchev–Trinajstić information content (AvgIpc) is 2.34. The van der Waals surface area contributed by atoms with Crippen molar-refractivity contribution in [2.75, 3.05) is 0 Å². The van der Waals surface area contributed by atoms with Crippen molar-refractivity contribution in [1.29, 1.82) is 0 Å². The molecule has 2 aromatic rings. The van der Waals surface area contributed by atoms with Crippen LogP contribution in [0.15, 0.2) is 46.5 Å². The van der Waals surface area contributed by atoms with Gasteiger partial charge in [-0.05, 0) is 23.8 Å². The Labute approximate surface area is 124 Å². The van der Waals surface area contributed by atoms with Crippen LogP contribution in [0.5, 0.6) is 0 Å². The van der Waals surface area contributed by atoms with Crippen LogP contribution in [0.1, 0.15) is 5.56 Å². The summed E-state index contributed by atoms with van der Waals surface area (Å²) < 4.78 is 0. The lowest BCUT2D eigenvalue weighted by atomic mass is 10.2. The third-order valence-corrected chi connectivity index (χ3v) is 3.90. The number of nitrogens with zero attached hydrogens (tertiary/aromatic N) is 1. The number of carboxylic acid groups (broad SMARTS) is 1. The van der Waals surface area contributed by atoms with Gasteiger partial charge in [0.05, 0.1) is 16.5 Å². The molecule has 0 bridgehead atoms. The molecule has 6 heteroatoms. The van der Waals surface area contributed by atoms with Crippen LogP contribution in [-0.4, -0.2) is 16.1 Å². The molecule has 0 fully saturated rings. The Balaban J connectivity index is 2.13. The number of carbonyl (C=O) groups is 1. The van der Waals surface area contributed by atoms with Crippen molar-refractivity contribution < 1.29 is 9.90 Å². The average molecular weight is 314 g/mol. The molecule has 0 amide bonds. The number of benzene rings is 1. The molecule has 0 radical (unpaired) electrons. The van der Waals surface area contributed by atoms with E-state index in [-0.39, 0.29) is 6.42 Å². The van der Waals surface area contributed by atoms with Crippen molar-refractivity contribution >= 4 is 40.9 Å². The monoisotopic (exact) mass is 313 g/mol. The van der Waals surface area contributed by atoms with Gasteiger partial charge in [0, 0.05) is 11.1 Å². The molecule has 1 heterocycles. The number of carboxylic acids is 1. The van der Waals surface area contributed by atoms with Crippen molar-refractivity contribution in [3.8, 4) is 0 Å². The van der Waals surface area contributed by atoms with E-state index in [9.17, 15) is 4.79 Å². The number of halogens is 2. The normalized spacial score (nSPS) is 10.4. The van der Waals surface area contributed by atoms with Crippen molar-refractivity contribution in [2.45, 2.75) is 16.3 Å². The summed E-state index contributed by atoms with van der Waals surface area (Å²) >= 11 is 13.2. The highest BCUT2D eigenvalue weighted by atomic mass is 35.5. The maximum absolute atomic E-state index is 10.6. The molecular weight excluding hydrogens is 305 g/mol. The van der Waals surface area contributed by atoms with Crippen LogP contribution < -0.4 is 0 Å². The summed E-state index contributed by atoms with van der Waals surface area (Å²) in [5.41, 5.74) is 0.756. The van der Waals surface area contributed by atoms with E-state index in [0.29, 0.717) is 15.1 Å². The van der Waals surface area contributed by atoms with Gasteiger partial charge < -0.3 is 5.11 Å². The van der Waals surface area contributed by atoms with Gasteiger partial charge in [-0.25, -0.2) is 4.98 Å². The highest BCUT2D eigenvalue weighted by molar-refractivity contribution is 7.99. The minimum atomic E-state index is -0.845. The van der Waals surface area contributed by atoms with Gasteiger partial charge >= 0.3 is 5.97 Å². The van der Waals surface area contributed by atoms with E-state index < -0.39 is 5.97 Å². The van der Waals surface area contributed by atoms with Crippen LogP contribution in [0.25, 0.3) is 0 Å². The Hall–Kier alpha value is -1.23. The number of aromatic nitrogens is 1. The van der Waals surface area contributed by atoms with E-state index >= 15 is 0 Å². The predicted octanol–water partition coefficient (Wildman–Crippen LogP) is 4.17. The van der Waals surface area contributed by atoms with E-state index in [4.69, 9.17) is 28.3 Å². The van der Waals surface area contributed by atoms with Crippen molar-refractivity contribution in [1.82, 2.24) is 4.98 Å². The molecule has 1 N–H and O–H groups in total. The number of pyridine rings is 1. The summed E-state index contributed by atoms with van der Waals surface area (Å²) in [6.07, 6.45) is 1.56. The first-order valence-corrected chi connectivity index (χ1v) is 6.91. The van der Waals surface area contributed by atoms with Gasteiger partial charge in [0.1, 0.15) is 5.03 Å². The van der Waals surface area contributed by atoms with Gasteiger partial charge in [0.25, 0.3) is 0 Å². The van der Waals surface area contributed by atoms with E-state index in [1.807, 2.05) is 12.1 Å². The van der Waals surface area contributed by atoms with Crippen molar-refractivity contribution in [2.24, 2.45) is 0 Å². The Morgan fingerprint density at radius 1 is 1.26 bits per heavy atom. The van der Waals surface area contributed by atoms with Gasteiger partial charge in [-0.3, -0.25) is 4.79 Å². The first-order chi connectivity index (χ1) is 9.04. The second kappa shape index (κ2) is 6.28. The van der Waals surface area contributed by atoms with Crippen LogP contribution in [0, 0.1) is 0 Å². The standard InChI is InChI=1S/C13H9Cl2NO2S/c14-9-6-11(15)13(16-7-9)19-10-3-1-8(2-4-10)5-12(17)18/h1-4,6-7H,5H2,(H,17,18). The fraction of sp³-hybridized carbons (Fsp3) is 0.0769. The van der Waals surface area contributed by atoms with E-state index in [0.717, 1.165) is 10.5 Å². The lowest BCUT2D eigenvalue weighted by molar-refractivity contribution is -0.136. The van der Waals surface area contributed by atoms with Gasteiger partial charge in [0.15, 0.2) is 0 Å². The van der Waals surface area contributed by atoms with Crippen LogP contribution >= 0.6 is 35.0 Å². The number of rotatable bonds is 4. The summed E-state index contributed by atoms with van der Waals surface area (Å²) in [6.45, 7) is 0. The number of aliphatic carboxylic acids is 1.